The van der Waals surface area contributed by atoms with E-state index in [1.165, 1.54) is 0 Å². The highest BCUT2D eigenvalue weighted by Gasteiger charge is 2.33. The third kappa shape index (κ3) is 3.13. The van der Waals surface area contributed by atoms with Crippen LogP contribution in [0.15, 0.2) is 41.3 Å². The van der Waals surface area contributed by atoms with Gasteiger partial charge in [0.25, 0.3) is 0 Å². The molecule has 1 saturated heterocycles. The lowest BCUT2D eigenvalue weighted by atomic mass is 9.99. The highest BCUT2D eigenvalue weighted by molar-refractivity contribution is 6.35. The van der Waals surface area contributed by atoms with Crippen LogP contribution >= 0.6 is 23.2 Å². The van der Waals surface area contributed by atoms with E-state index in [2.05, 4.69) is 25.0 Å². The molecule has 0 N–H and O–H groups in total. The van der Waals surface area contributed by atoms with Crippen LogP contribution in [0, 0.1) is 0 Å². The van der Waals surface area contributed by atoms with Crippen LogP contribution in [0.2, 0.25) is 10.0 Å². The standard InChI is InChI=1S/C16H13Cl2N5O/c17-12-2-1-10(13(18)5-12)7-23-8-11(9-23)16-21-15(22-24-16)14-6-19-3-4-20-14/h1-6,11H,7-9H2. The molecule has 0 unspecified atom stereocenters. The Kier molecular flexibility index (Phi) is 4.18. The molecule has 0 amide bonds. The predicted octanol–water partition coefficient (Wildman–Crippen LogP) is 3.43. The largest absolute Gasteiger partial charge is 0.339 e. The Labute approximate surface area is 148 Å². The zero-order chi connectivity index (χ0) is 16.5. The first-order chi connectivity index (χ1) is 11.7. The van der Waals surface area contributed by atoms with Crippen molar-refractivity contribution in [1.29, 1.82) is 0 Å². The van der Waals surface area contributed by atoms with E-state index >= 15 is 0 Å². The van der Waals surface area contributed by atoms with Crippen molar-refractivity contribution >= 4 is 23.2 Å². The van der Waals surface area contributed by atoms with Gasteiger partial charge < -0.3 is 4.52 Å². The fourth-order valence-electron chi connectivity index (χ4n) is 2.67. The van der Waals surface area contributed by atoms with Crippen molar-refractivity contribution < 1.29 is 4.52 Å². The van der Waals surface area contributed by atoms with Gasteiger partial charge in [-0.1, -0.05) is 34.4 Å². The Morgan fingerprint density at radius 1 is 1.21 bits per heavy atom. The van der Waals surface area contributed by atoms with Crippen LogP contribution in [0.5, 0.6) is 0 Å². The number of likely N-dealkylation sites (tertiary alicyclic amines) is 1. The minimum Gasteiger partial charge on any atom is -0.339 e. The van der Waals surface area contributed by atoms with Gasteiger partial charge in [-0.15, -0.1) is 0 Å². The van der Waals surface area contributed by atoms with Crippen LogP contribution in [-0.4, -0.2) is 38.1 Å². The first-order valence-corrected chi connectivity index (χ1v) is 8.21. The number of rotatable bonds is 4. The van der Waals surface area contributed by atoms with Crippen molar-refractivity contribution in [2.45, 2.75) is 12.5 Å². The van der Waals surface area contributed by atoms with Gasteiger partial charge in [0, 0.05) is 42.1 Å². The minimum atomic E-state index is 0.231. The molecule has 0 bridgehead atoms. The number of hydrogen-bond donors (Lipinski definition) is 0. The smallest absolute Gasteiger partial charge is 0.232 e. The third-order valence-electron chi connectivity index (χ3n) is 3.95. The van der Waals surface area contributed by atoms with E-state index in [0.717, 1.165) is 25.2 Å². The van der Waals surface area contributed by atoms with Gasteiger partial charge in [-0.25, -0.2) is 4.98 Å². The quantitative estimate of drug-likeness (QED) is 0.708. The zero-order valence-corrected chi connectivity index (χ0v) is 14.1. The summed E-state index contributed by atoms with van der Waals surface area (Å²) in [5.74, 6) is 1.33. The zero-order valence-electron chi connectivity index (χ0n) is 12.6. The predicted molar refractivity (Wildman–Crippen MR) is 89.8 cm³/mol. The Hall–Kier alpha value is -2.02. The average molecular weight is 362 g/mol. The Balaban J connectivity index is 1.38. The average Bonchev–Trinajstić information content (AvgIpc) is 3.02. The van der Waals surface area contributed by atoms with Crippen LogP contribution in [0.4, 0.5) is 0 Å². The molecule has 1 aliphatic heterocycles. The molecule has 8 heteroatoms. The van der Waals surface area contributed by atoms with Crippen molar-refractivity contribution in [1.82, 2.24) is 25.0 Å². The molecule has 24 heavy (non-hydrogen) atoms. The van der Waals surface area contributed by atoms with E-state index in [9.17, 15) is 0 Å². The molecule has 6 nitrogen and oxygen atoms in total. The second kappa shape index (κ2) is 6.47. The van der Waals surface area contributed by atoms with Gasteiger partial charge in [0.05, 0.1) is 12.1 Å². The topological polar surface area (TPSA) is 67.9 Å². The molecule has 2 aromatic heterocycles. The summed E-state index contributed by atoms with van der Waals surface area (Å²) in [5, 5.41) is 5.31. The molecule has 4 rings (SSSR count). The van der Waals surface area contributed by atoms with Gasteiger partial charge in [-0.3, -0.25) is 9.88 Å². The van der Waals surface area contributed by atoms with E-state index < -0.39 is 0 Å². The van der Waals surface area contributed by atoms with Gasteiger partial charge >= 0.3 is 0 Å². The molecular formula is C16H13Cl2N5O. The normalized spacial score (nSPS) is 15.4. The molecule has 0 aliphatic carbocycles. The van der Waals surface area contributed by atoms with E-state index in [1.807, 2.05) is 12.1 Å². The van der Waals surface area contributed by atoms with Gasteiger partial charge in [-0.2, -0.15) is 4.98 Å². The molecule has 0 atom stereocenters. The third-order valence-corrected chi connectivity index (χ3v) is 4.54. The van der Waals surface area contributed by atoms with Crippen LogP contribution in [0.1, 0.15) is 17.4 Å². The van der Waals surface area contributed by atoms with Crippen molar-refractivity contribution in [3.63, 3.8) is 0 Å². The van der Waals surface area contributed by atoms with Gasteiger partial charge in [0.2, 0.25) is 11.7 Å². The summed E-state index contributed by atoms with van der Waals surface area (Å²) >= 11 is 12.1. The maximum absolute atomic E-state index is 6.21. The molecule has 1 fully saturated rings. The van der Waals surface area contributed by atoms with E-state index in [4.69, 9.17) is 27.7 Å². The Morgan fingerprint density at radius 2 is 2.08 bits per heavy atom. The summed E-state index contributed by atoms with van der Waals surface area (Å²) in [6.45, 7) is 2.47. The molecule has 1 aliphatic rings. The number of aromatic nitrogens is 4. The maximum atomic E-state index is 6.21. The highest BCUT2D eigenvalue weighted by Crippen LogP contribution is 2.30. The van der Waals surface area contributed by atoms with Crippen molar-refractivity contribution in [3.05, 3.63) is 58.3 Å². The fraction of sp³-hybridized carbons (Fsp3) is 0.250. The summed E-state index contributed by atoms with van der Waals surface area (Å²) in [7, 11) is 0. The second-order valence-corrected chi connectivity index (χ2v) is 6.52. The summed E-state index contributed by atoms with van der Waals surface area (Å²) in [6, 6.07) is 5.57. The molecule has 0 radical (unpaired) electrons. The first-order valence-electron chi connectivity index (χ1n) is 7.45. The fourth-order valence-corrected chi connectivity index (χ4v) is 3.13. The van der Waals surface area contributed by atoms with Crippen LogP contribution in [-0.2, 0) is 6.54 Å². The van der Waals surface area contributed by atoms with Gasteiger partial charge in [0.15, 0.2) is 0 Å². The summed E-state index contributed by atoms with van der Waals surface area (Å²) < 4.78 is 5.36. The van der Waals surface area contributed by atoms with Crippen LogP contribution < -0.4 is 0 Å². The number of hydrogen-bond acceptors (Lipinski definition) is 6. The first kappa shape index (κ1) is 15.5. The minimum absolute atomic E-state index is 0.231. The molecule has 0 spiro atoms. The van der Waals surface area contributed by atoms with Crippen molar-refractivity contribution in [2.75, 3.05) is 13.1 Å². The second-order valence-electron chi connectivity index (χ2n) is 5.67. The lowest BCUT2D eigenvalue weighted by molar-refractivity contribution is 0.117. The van der Waals surface area contributed by atoms with E-state index in [-0.39, 0.29) is 5.92 Å². The highest BCUT2D eigenvalue weighted by atomic mass is 35.5. The SMILES string of the molecule is Clc1ccc(CN2CC(c3nc(-c4cnccn4)no3)C2)c(Cl)c1. The van der Waals surface area contributed by atoms with Gasteiger partial charge in [-0.05, 0) is 17.7 Å². The van der Waals surface area contributed by atoms with Crippen molar-refractivity contribution in [3.8, 4) is 11.5 Å². The van der Waals surface area contributed by atoms with Crippen LogP contribution in [0.25, 0.3) is 11.5 Å². The molecule has 3 heterocycles. The molecule has 1 aromatic carbocycles. The van der Waals surface area contributed by atoms with Gasteiger partial charge in [0.1, 0.15) is 5.69 Å². The molecule has 3 aromatic rings. The Bertz CT molecular complexity index is 849. The number of nitrogens with zero attached hydrogens (tertiary/aromatic N) is 5. The summed E-state index contributed by atoms with van der Waals surface area (Å²) in [6.07, 6.45) is 4.83. The maximum Gasteiger partial charge on any atom is 0.232 e. The molecule has 0 saturated carbocycles. The summed E-state index contributed by atoms with van der Waals surface area (Å²) in [4.78, 5) is 14.9. The van der Waals surface area contributed by atoms with Crippen molar-refractivity contribution in [2.24, 2.45) is 0 Å². The Morgan fingerprint density at radius 3 is 2.83 bits per heavy atom. The molecular weight excluding hydrogens is 349 g/mol. The lowest BCUT2D eigenvalue weighted by Crippen LogP contribution is -2.44. The number of halogens is 2. The molecule has 122 valence electrons. The number of benzene rings is 1. The van der Waals surface area contributed by atoms with E-state index in [1.54, 1.807) is 24.7 Å². The van der Waals surface area contributed by atoms with Crippen LogP contribution in [0.3, 0.4) is 0 Å². The summed E-state index contributed by atoms with van der Waals surface area (Å²) in [5.41, 5.74) is 1.67. The van der Waals surface area contributed by atoms with E-state index in [0.29, 0.717) is 27.5 Å². The monoisotopic (exact) mass is 361 g/mol. The lowest BCUT2D eigenvalue weighted by Gasteiger charge is -2.37.